The van der Waals surface area contributed by atoms with Gasteiger partial charge < -0.3 is 28.4 Å². The number of ether oxygens (including phenoxy) is 6. The maximum absolute atomic E-state index is 12.7. The molecule has 4 aliphatic carbocycles. The zero-order valence-corrected chi connectivity index (χ0v) is 21.4. The smallest absolute Gasteiger partial charge is 0.431 e. The van der Waals surface area contributed by atoms with Crippen LogP contribution in [0.2, 0.25) is 0 Å². The molecular formula is C27H42O9. The third kappa shape index (κ3) is 8.44. The van der Waals surface area contributed by atoms with Crippen LogP contribution in [0.3, 0.4) is 0 Å². The third-order valence-electron chi connectivity index (χ3n) is 7.88. The Balaban J connectivity index is 1.36. The van der Waals surface area contributed by atoms with E-state index in [0.29, 0.717) is 19.3 Å². The summed E-state index contributed by atoms with van der Waals surface area (Å²) in [5.74, 6) is 0. The minimum Gasteiger partial charge on any atom is -0.431 e. The van der Waals surface area contributed by atoms with Gasteiger partial charge in [-0.2, -0.15) is 0 Å². The Bertz CT molecular complexity index is 666. The topological polar surface area (TPSA) is 107 Å². The van der Waals surface area contributed by atoms with E-state index < -0.39 is 36.8 Å². The van der Waals surface area contributed by atoms with Gasteiger partial charge in [-0.25, -0.2) is 14.4 Å². The summed E-state index contributed by atoms with van der Waals surface area (Å²) in [7, 11) is 0. The molecule has 4 rings (SSSR count). The molecule has 0 aromatic carbocycles. The summed E-state index contributed by atoms with van der Waals surface area (Å²) in [6, 6.07) is 0. The molecule has 204 valence electrons. The van der Waals surface area contributed by atoms with Crippen molar-refractivity contribution in [3.05, 3.63) is 0 Å². The highest BCUT2D eigenvalue weighted by Crippen LogP contribution is 2.30. The summed E-state index contributed by atoms with van der Waals surface area (Å²) in [4.78, 5) is 37.8. The highest BCUT2D eigenvalue weighted by atomic mass is 16.8. The van der Waals surface area contributed by atoms with Crippen LogP contribution in [0, 0.1) is 0 Å². The van der Waals surface area contributed by atoms with Crippen molar-refractivity contribution in [1.82, 2.24) is 0 Å². The predicted octanol–water partition coefficient (Wildman–Crippen LogP) is 6.73. The molecule has 0 heterocycles. The molecular weight excluding hydrogens is 468 g/mol. The van der Waals surface area contributed by atoms with Crippen LogP contribution in [0.25, 0.3) is 0 Å². The first kappa shape index (κ1) is 26.9. The Morgan fingerprint density at radius 3 is 1.06 bits per heavy atom. The van der Waals surface area contributed by atoms with Gasteiger partial charge in [-0.15, -0.1) is 0 Å². The minimum absolute atomic E-state index is 0.150. The SMILES string of the molecule is O=C(OC1CCCCC1)OC1CCCC(OC(=O)OC2CCCCC2)C1OC(=O)OC1CCCCC1. The van der Waals surface area contributed by atoms with Crippen molar-refractivity contribution in [2.45, 2.75) is 152 Å². The van der Waals surface area contributed by atoms with Gasteiger partial charge in [0.1, 0.15) is 30.5 Å². The summed E-state index contributed by atoms with van der Waals surface area (Å²) in [5, 5.41) is 0. The van der Waals surface area contributed by atoms with Crippen LogP contribution in [0.15, 0.2) is 0 Å². The van der Waals surface area contributed by atoms with Crippen LogP contribution in [0.4, 0.5) is 14.4 Å². The lowest BCUT2D eigenvalue weighted by Gasteiger charge is -2.36. The molecule has 0 saturated heterocycles. The Labute approximate surface area is 213 Å². The molecule has 0 bridgehead atoms. The third-order valence-corrected chi connectivity index (χ3v) is 7.88. The van der Waals surface area contributed by atoms with E-state index in [9.17, 15) is 14.4 Å². The quantitative estimate of drug-likeness (QED) is 0.284. The molecule has 0 N–H and O–H groups in total. The standard InChI is InChI=1S/C27H42O9/c28-25(31-19-11-4-1-5-12-19)34-22-17-10-18-23(35-26(29)32-20-13-6-2-7-14-20)24(22)36-27(30)33-21-15-8-3-9-16-21/h19-24H,1-18H2. The molecule has 2 atom stereocenters. The summed E-state index contributed by atoms with van der Waals surface area (Å²) in [6.45, 7) is 0. The molecule has 9 nitrogen and oxygen atoms in total. The lowest BCUT2D eigenvalue weighted by Crippen LogP contribution is -2.49. The number of hydrogen-bond acceptors (Lipinski definition) is 9. The highest BCUT2D eigenvalue weighted by molar-refractivity contribution is 5.63. The molecule has 4 saturated carbocycles. The fourth-order valence-corrected chi connectivity index (χ4v) is 5.89. The van der Waals surface area contributed by atoms with Gasteiger partial charge in [0.15, 0.2) is 6.10 Å². The molecule has 36 heavy (non-hydrogen) atoms. The molecule has 0 amide bonds. The normalized spacial score (nSPS) is 28.5. The van der Waals surface area contributed by atoms with Gasteiger partial charge in [0.05, 0.1) is 0 Å². The van der Waals surface area contributed by atoms with Crippen LogP contribution in [0.1, 0.15) is 116 Å². The van der Waals surface area contributed by atoms with Crippen molar-refractivity contribution in [3.8, 4) is 0 Å². The number of carbonyl (C=O) groups excluding carboxylic acids is 3. The molecule has 4 aliphatic rings. The minimum atomic E-state index is -0.979. The second kappa shape index (κ2) is 13.9. The Morgan fingerprint density at radius 2 is 0.694 bits per heavy atom. The summed E-state index contributed by atoms with van der Waals surface area (Å²) in [6.07, 6.45) is 10.6. The zero-order chi connectivity index (χ0) is 25.2. The van der Waals surface area contributed by atoms with E-state index >= 15 is 0 Å². The maximum Gasteiger partial charge on any atom is 0.509 e. The Kier molecular flexibility index (Phi) is 10.4. The van der Waals surface area contributed by atoms with E-state index in [1.807, 2.05) is 0 Å². The second-order valence-corrected chi connectivity index (χ2v) is 10.7. The van der Waals surface area contributed by atoms with Crippen molar-refractivity contribution >= 4 is 18.5 Å². The molecule has 0 radical (unpaired) electrons. The van der Waals surface area contributed by atoms with E-state index in [1.54, 1.807) is 0 Å². The van der Waals surface area contributed by atoms with E-state index in [0.717, 1.165) is 96.3 Å². The Morgan fingerprint density at radius 1 is 0.361 bits per heavy atom. The van der Waals surface area contributed by atoms with E-state index in [2.05, 4.69) is 0 Å². The fraction of sp³-hybridized carbons (Fsp3) is 0.889. The monoisotopic (exact) mass is 510 g/mol. The van der Waals surface area contributed by atoms with Crippen LogP contribution in [0.5, 0.6) is 0 Å². The van der Waals surface area contributed by atoms with Gasteiger partial charge in [-0.3, -0.25) is 0 Å². The molecule has 0 spiro atoms. The number of carbonyl (C=O) groups is 3. The average Bonchev–Trinajstić information content (AvgIpc) is 2.87. The van der Waals surface area contributed by atoms with Crippen molar-refractivity contribution in [3.63, 3.8) is 0 Å². The molecule has 9 heteroatoms. The first-order valence-electron chi connectivity index (χ1n) is 14.2. The van der Waals surface area contributed by atoms with Gasteiger partial charge in [-0.1, -0.05) is 19.3 Å². The largest absolute Gasteiger partial charge is 0.509 e. The summed E-state index contributed by atoms with van der Waals surface area (Å²) < 4.78 is 33.5. The highest BCUT2D eigenvalue weighted by Gasteiger charge is 2.43. The van der Waals surface area contributed by atoms with Crippen molar-refractivity contribution in [2.24, 2.45) is 0 Å². The zero-order valence-electron chi connectivity index (χ0n) is 21.4. The van der Waals surface area contributed by atoms with Gasteiger partial charge in [0.2, 0.25) is 0 Å². The van der Waals surface area contributed by atoms with Gasteiger partial charge in [0.25, 0.3) is 0 Å². The van der Waals surface area contributed by atoms with Crippen LogP contribution >= 0.6 is 0 Å². The first-order valence-corrected chi connectivity index (χ1v) is 14.2. The van der Waals surface area contributed by atoms with E-state index in [-0.39, 0.29) is 18.3 Å². The predicted molar refractivity (Wildman–Crippen MR) is 129 cm³/mol. The van der Waals surface area contributed by atoms with Crippen molar-refractivity contribution in [1.29, 1.82) is 0 Å². The van der Waals surface area contributed by atoms with Gasteiger partial charge >= 0.3 is 18.5 Å². The lowest BCUT2D eigenvalue weighted by molar-refractivity contribution is -0.135. The second-order valence-electron chi connectivity index (χ2n) is 10.7. The average molecular weight is 511 g/mol. The molecule has 0 aromatic rings. The number of hydrogen-bond donors (Lipinski definition) is 0. The van der Waals surface area contributed by atoms with Gasteiger partial charge in [0, 0.05) is 0 Å². The van der Waals surface area contributed by atoms with Crippen LogP contribution in [-0.4, -0.2) is 55.1 Å². The van der Waals surface area contributed by atoms with E-state index in [1.165, 1.54) is 0 Å². The van der Waals surface area contributed by atoms with Crippen LogP contribution < -0.4 is 0 Å². The Hall–Kier alpha value is -2.19. The summed E-state index contributed by atoms with van der Waals surface area (Å²) >= 11 is 0. The molecule has 4 fully saturated rings. The van der Waals surface area contributed by atoms with Gasteiger partial charge in [-0.05, 0) is 96.3 Å². The van der Waals surface area contributed by atoms with Crippen LogP contribution in [-0.2, 0) is 28.4 Å². The van der Waals surface area contributed by atoms with E-state index in [4.69, 9.17) is 28.4 Å². The first-order chi connectivity index (χ1) is 17.6. The maximum atomic E-state index is 12.7. The number of rotatable bonds is 6. The molecule has 0 aromatic heterocycles. The summed E-state index contributed by atoms with van der Waals surface area (Å²) in [5.41, 5.74) is 0. The molecule has 2 unspecified atom stereocenters. The molecule has 0 aliphatic heterocycles. The van der Waals surface area contributed by atoms with Crippen molar-refractivity contribution < 1.29 is 42.8 Å². The lowest BCUT2D eigenvalue weighted by atomic mass is 9.91. The van der Waals surface area contributed by atoms with Crippen molar-refractivity contribution in [2.75, 3.05) is 0 Å². The fourth-order valence-electron chi connectivity index (χ4n) is 5.89.